The van der Waals surface area contributed by atoms with Crippen LogP contribution in [0.5, 0.6) is 0 Å². The van der Waals surface area contributed by atoms with E-state index in [1.807, 2.05) is 34.6 Å². The van der Waals surface area contributed by atoms with Gasteiger partial charge >= 0.3 is 5.97 Å². The molecule has 0 saturated carbocycles. The van der Waals surface area contributed by atoms with Crippen LogP contribution < -0.4 is 0 Å². The minimum atomic E-state index is -0.346. The molecule has 2 nitrogen and oxygen atoms in total. The Morgan fingerprint density at radius 3 is 1.73 bits per heavy atom. The van der Waals surface area contributed by atoms with Gasteiger partial charge in [-0.15, -0.1) is 12.4 Å². The third kappa shape index (κ3) is 7.66. The summed E-state index contributed by atoms with van der Waals surface area (Å²) < 4.78 is 5.06. The molecule has 0 fully saturated rings. The van der Waals surface area contributed by atoms with E-state index in [9.17, 15) is 4.79 Å². The quantitative estimate of drug-likeness (QED) is 0.580. The molecule has 0 bridgehead atoms. The Morgan fingerprint density at radius 1 is 1.27 bits per heavy atom. The van der Waals surface area contributed by atoms with Crippen LogP contribution in [0.1, 0.15) is 34.6 Å². The molecule has 0 aromatic heterocycles. The van der Waals surface area contributed by atoms with Crippen molar-refractivity contribution in [1.82, 2.24) is 0 Å². The number of hydrogen-bond donors (Lipinski definition) is 0. The topological polar surface area (TPSA) is 26.3 Å². The molecule has 0 amide bonds. The molecule has 0 aliphatic heterocycles. The van der Waals surface area contributed by atoms with Gasteiger partial charge in [0.05, 0.1) is 5.92 Å². The second-order valence-electron chi connectivity index (χ2n) is 3.69. The highest BCUT2D eigenvalue weighted by molar-refractivity contribution is 5.85. The van der Waals surface area contributed by atoms with Crippen molar-refractivity contribution in [3.8, 4) is 0 Å². The molecule has 3 heteroatoms. The van der Waals surface area contributed by atoms with Crippen molar-refractivity contribution in [2.75, 3.05) is 0 Å². The first-order valence-electron chi connectivity index (χ1n) is 3.56. The average Bonchev–Trinajstić information content (AvgIpc) is 1.60. The highest BCUT2D eigenvalue weighted by Gasteiger charge is 2.17. The summed E-state index contributed by atoms with van der Waals surface area (Å²) >= 11 is 0. The maximum Gasteiger partial charge on any atom is 0.308 e. The van der Waals surface area contributed by atoms with Crippen LogP contribution in [0, 0.1) is 5.92 Å². The normalized spacial score (nSPS) is 10.7. The van der Waals surface area contributed by atoms with Crippen LogP contribution >= 0.6 is 12.4 Å². The van der Waals surface area contributed by atoms with Gasteiger partial charge in [-0.3, -0.25) is 4.79 Å². The fourth-order valence-electron chi connectivity index (χ4n) is 0.420. The second-order valence-corrected chi connectivity index (χ2v) is 3.69. The summed E-state index contributed by atoms with van der Waals surface area (Å²) in [6, 6.07) is 0. The van der Waals surface area contributed by atoms with Gasteiger partial charge in [-0.2, -0.15) is 0 Å². The number of rotatable bonds is 1. The monoisotopic (exact) mass is 180 g/mol. The Morgan fingerprint density at radius 2 is 1.64 bits per heavy atom. The van der Waals surface area contributed by atoms with Gasteiger partial charge in [0.2, 0.25) is 0 Å². The zero-order valence-electron chi connectivity index (χ0n) is 7.80. The van der Waals surface area contributed by atoms with Crippen LogP contribution in [0.3, 0.4) is 0 Å². The van der Waals surface area contributed by atoms with E-state index in [2.05, 4.69) is 0 Å². The zero-order valence-corrected chi connectivity index (χ0v) is 8.62. The average molecular weight is 181 g/mol. The van der Waals surface area contributed by atoms with Crippen molar-refractivity contribution in [1.29, 1.82) is 0 Å². The maximum absolute atomic E-state index is 10.9. The van der Waals surface area contributed by atoms with E-state index in [0.717, 1.165) is 0 Å². The highest BCUT2D eigenvalue weighted by atomic mass is 35.5. The van der Waals surface area contributed by atoms with Crippen molar-refractivity contribution < 1.29 is 9.53 Å². The molecule has 0 aliphatic carbocycles. The minimum Gasteiger partial charge on any atom is -0.460 e. The summed E-state index contributed by atoms with van der Waals surface area (Å²) in [6.45, 7) is 9.26. The first-order valence-corrected chi connectivity index (χ1v) is 3.56. The Bertz CT molecular complexity index is 125. The van der Waals surface area contributed by atoms with Gasteiger partial charge < -0.3 is 4.74 Å². The van der Waals surface area contributed by atoms with Crippen LogP contribution in [0.15, 0.2) is 0 Å². The number of esters is 1. The molecule has 0 radical (unpaired) electrons. The number of carbonyl (C=O) groups is 1. The van der Waals surface area contributed by atoms with E-state index in [1.54, 1.807) is 0 Å². The minimum absolute atomic E-state index is 0. The van der Waals surface area contributed by atoms with E-state index in [4.69, 9.17) is 4.74 Å². The first-order chi connectivity index (χ1) is 4.33. The van der Waals surface area contributed by atoms with Gasteiger partial charge in [-0.05, 0) is 20.8 Å². The smallest absolute Gasteiger partial charge is 0.308 e. The van der Waals surface area contributed by atoms with Crippen molar-refractivity contribution in [2.24, 2.45) is 5.92 Å². The second kappa shape index (κ2) is 4.60. The number of hydrogen-bond acceptors (Lipinski definition) is 2. The summed E-state index contributed by atoms with van der Waals surface area (Å²) in [5.41, 5.74) is -0.346. The lowest BCUT2D eigenvalue weighted by atomic mass is 10.1. The molecule has 0 rings (SSSR count). The zero-order chi connectivity index (χ0) is 8.36. The third-order valence-electron chi connectivity index (χ3n) is 0.878. The van der Waals surface area contributed by atoms with E-state index in [0.29, 0.717) is 0 Å². The summed E-state index contributed by atoms with van der Waals surface area (Å²) in [5.74, 6) is -0.160. The molecule has 0 aliphatic rings. The molecule has 0 heterocycles. The molecular formula is C8H17ClO2. The lowest BCUT2D eigenvalue weighted by Crippen LogP contribution is -2.26. The van der Waals surface area contributed by atoms with E-state index in [-0.39, 0.29) is 29.9 Å². The van der Waals surface area contributed by atoms with Gasteiger partial charge in [0.1, 0.15) is 5.60 Å². The van der Waals surface area contributed by atoms with Gasteiger partial charge in [-0.25, -0.2) is 0 Å². The maximum atomic E-state index is 10.9. The van der Waals surface area contributed by atoms with E-state index in [1.165, 1.54) is 0 Å². The largest absolute Gasteiger partial charge is 0.460 e. The Kier molecular flexibility index (Phi) is 5.59. The predicted octanol–water partition coefficient (Wildman–Crippen LogP) is 2.41. The van der Waals surface area contributed by atoms with Crippen molar-refractivity contribution in [2.45, 2.75) is 40.2 Å². The van der Waals surface area contributed by atoms with Crippen molar-refractivity contribution in [3.63, 3.8) is 0 Å². The predicted molar refractivity (Wildman–Crippen MR) is 47.9 cm³/mol. The molecule has 0 aromatic carbocycles. The molecule has 68 valence electrons. The van der Waals surface area contributed by atoms with E-state index < -0.39 is 0 Å². The first kappa shape index (κ1) is 13.4. The van der Waals surface area contributed by atoms with Crippen LogP contribution in [-0.2, 0) is 9.53 Å². The van der Waals surface area contributed by atoms with Crippen LogP contribution in [0.4, 0.5) is 0 Å². The SMILES string of the molecule is CC(C)C(=O)OC(C)(C)C.Cl. The highest BCUT2D eigenvalue weighted by Crippen LogP contribution is 2.10. The lowest BCUT2D eigenvalue weighted by molar-refractivity contribution is -0.158. The summed E-state index contributed by atoms with van der Waals surface area (Å²) in [4.78, 5) is 10.9. The molecular weight excluding hydrogens is 164 g/mol. The molecule has 0 atom stereocenters. The summed E-state index contributed by atoms with van der Waals surface area (Å²) in [7, 11) is 0. The van der Waals surface area contributed by atoms with Crippen molar-refractivity contribution in [3.05, 3.63) is 0 Å². The molecule has 0 spiro atoms. The van der Waals surface area contributed by atoms with Crippen molar-refractivity contribution >= 4 is 18.4 Å². The standard InChI is InChI=1S/C8H16O2.ClH/c1-6(2)7(9)10-8(3,4)5;/h6H,1-5H3;1H. The van der Waals surface area contributed by atoms with Crippen LogP contribution in [-0.4, -0.2) is 11.6 Å². The van der Waals surface area contributed by atoms with Gasteiger partial charge in [-0.1, -0.05) is 13.8 Å². The fourth-order valence-corrected chi connectivity index (χ4v) is 0.420. The van der Waals surface area contributed by atoms with Gasteiger partial charge in [0, 0.05) is 0 Å². The Hall–Kier alpha value is -0.240. The molecule has 0 saturated heterocycles. The molecule has 0 aromatic rings. The number of ether oxygens (including phenoxy) is 1. The number of halogens is 1. The molecule has 0 N–H and O–H groups in total. The molecule has 11 heavy (non-hydrogen) atoms. The Labute approximate surface area is 74.7 Å². The number of carbonyl (C=O) groups excluding carboxylic acids is 1. The fraction of sp³-hybridized carbons (Fsp3) is 0.875. The third-order valence-corrected chi connectivity index (χ3v) is 0.878. The summed E-state index contributed by atoms with van der Waals surface area (Å²) in [5, 5.41) is 0. The van der Waals surface area contributed by atoms with E-state index >= 15 is 0 Å². The van der Waals surface area contributed by atoms with Crippen LogP contribution in [0.2, 0.25) is 0 Å². The van der Waals surface area contributed by atoms with Gasteiger partial charge in [0.25, 0.3) is 0 Å². The summed E-state index contributed by atoms with van der Waals surface area (Å²) in [6.07, 6.45) is 0. The van der Waals surface area contributed by atoms with Crippen LogP contribution in [0.25, 0.3) is 0 Å². The van der Waals surface area contributed by atoms with Gasteiger partial charge in [0.15, 0.2) is 0 Å². The Balaban J connectivity index is 0. The molecule has 0 unspecified atom stereocenters. The lowest BCUT2D eigenvalue weighted by Gasteiger charge is -2.20.